The zero-order valence-electron chi connectivity index (χ0n) is 21.5. The van der Waals surface area contributed by atoms with E-state index in [2.05, 4.69) is 0 Å². The molecule has 2 bridgehead atoms. The average molecular weight is 577 g/mol. The minimum atomic E-state index is -2.09. The number of aromatic hydroxyl groups is 7. The number of ether oxygens (including phenoxy) is 3. The maximum atomic E-state index is 11.9. The van der Waals surface area contributed by atoms with Crippen molar-refractivity contribution in [3.63, 3.8) is 0 Å². The normalized spacial score (nSPS) is 25.2. The SMILES string of the molecule is Oc1cc(O)c2c(c1)O[C@@]1(c3ccc(O)c(O)c3)Oc3cc(O)c4c(c3[C@@H]2[C@H]1O)O[C@@H](c1ccc(O)c(O)c1)[C@@H](O)C4. The van der Waals surface area contributed by atoms with Gasteiger partial charge >= 0.3 is 5.79 Å². The number of hydrogen-bond donors (Lipinski definition) is 9. The van der Waals surface area contributed by atoms with Crippen LogP contribution < -0.4 is 14.2 Å². The first-order valence-corrected chi connectivity index (χ1v) is 12.9. The molecule has 5 atom stereocenters. The van der Waals surface area contributed by atoms with E-state index in [0.717, 1.165) is 12.1 Å². The monoisotopic (exact) mass is 576 g/mol. The fourth-order valence-corrected chi connectivity index (χ4v) is 6.09. The van der Waals surface area contributed by atoms with Crippen molar-refractivity contribution in [1.29, 1.82) is 0 Å². The molecule has 12 heteroatoms. The molecule has 3 aliphatic heterocycles. The maximum absolute atomic E-state index is 11.9. The first kappa shape index (κ1) is 25.7. The largest absolute Gasteiger partial charge is 0.508 e. The van der Waals surface area contributed by atoms with Crippen molar-refractivity contribution >= 4 is 0 Å². The van der Waals surface area contributed by atoms with E-state index in [0.29, 0.717) is 5.56 Å². The van der Waals surface area contributed by atoms with Gasteiger partial charge in [-0.2, -0.15) is 0 Å². The number of phenolic OH excluding ortho intramolecular Hbond substituents is 7. The first-order valence-electron chi connectivity index (χ1n) is 12.9. The second-order valence-corrected chi connectivity index (χ2v) is 10.5. The lowest BCUT2D eigenvalue weighted by molar-refractivity contribution is -0.219. The predicted octanol–water partition coefficient (Wildman–Crippen LogP) is 2.79. The summed E-state index contributed by atoms with van der Waals surface area (Å²) in [6.45, 7) is 0. The topological polar surface area (TPSA) is 210 Å². The fraction of sp³-hybridized carbons (Fsp3) is 0.200. The van der Waals surface area contributed by atoms with Crippen LogP contribution in [0.5, 0.6) is 57.5 Å². The highest BCUT2D eigenvalue weighted by atomic mass is 16.7. The van der Waals surface area contributed by atoms with Crippen LogP contribution in [0.2, 0.25) is 0 Å². The van der Waals surface area contributed by atoms with Gasteiger partial charge in [0.05, 0.1) is 12.0 Å². The van der Waals surface area contributed by atoms with Crippen LogP contribution in [0, 0.1) is 0 Å². The third-order valence-electron chi connectivity index (χ3n) is 8.03. The van der Waals surface area contributed by atoms with E-state index in [1.165, 1.54) is 42.5 Å². The maximum Gasteiger partial charge on any atom is 0.305 e. The summed E-state index contributed by atoms with van der Waals surface area (Å²) in [4.78, 5) is 0. The van der Waals surface area contributed by atoms with Crippen LogP contribution in [-0.4, -0.2) is 58.2 Å². The molecular weight excluding hydrogens is 552 g/mol. The molecule has 4 aromatic carbocycles. The molecule has 9 N–H and O–H groups in total. The Balaban J connectivity index is 1.47. The lowest BCUT2D eigenvalue weighted by Gasteiger charge is -2.50. The van der Waals surface area contributed by atoms with Gasteiger partial charge in [0.2, 0.25) is 0 Å². The number of aliphatic hydroxyl groups is 2. The second-order valence-electron chi connectivity index (χ2n) is 10.5. The Kier molecular flexibility index (Phi) is 5.30. The quantitative estimate of drug-likeness (QED) is 0.158. The van der Waals surface area contributed by atoms with Gasteiger partial charge in [0.15, 0.2) is 23.0 Å². The Bertz CT molecular complexity index is 1790. The summed E-state index contributed by atoms with van der Waals surface area (Å²) in [7, 11) is 0. The molecule has 3 aliphatic rings. The van der Waals surface area contributed by atoms with Crippen LogP contribution in [0.15, 0.2) is 54.6 Å². The van der Waals surface area contributed by atoms with Crippen molar-refractivity contribution in [2.45, 2.75) is 36.4 Å². The molecule has 7 rings (SSSR count). The Hall–Kier alpha value is -5.20. The van der Waals surface area contributed by atoms with Crippen LogP contribution in [0.25, 0.3) is 0 Å². The molecule has 4 aromatic rings. The van der Waals surface area contributed by atoms with Crippen molar-refractivity contribution in [2.24, 2.45) is 0 Å². The third-order valence-corrected chi connectivity index (χ3v) is 8.03. The average Bonchev–Trinajstić information content (AvgIpc) is 2.92. The molecular formula is C30H24O12. The summed E-state index contributed by atoms with van der Waals surface area (Å²) in [5, 5.41) is 95.1. The zero-order chi connectivity index (χ0) is 29.7. The Morgan fingerprint density at radius 2 is 1.31 bits per heavy atom. The van der Waals surface area contributed by atoms with E-state index < -0.39 is 53.0 Å². The number of rotatable bonds is 2. The van der Waals surface area contributed by atoms with Gasteiger partial charge in [-0.25, -0.2) is 0 Å². The van der Waals surface area contributed by atoms with Gasteiger partial charge in [-0.1, -0.05) is 6.07 Å². The standard InChI is InChI=1S/C30H24O12/c31-13-7-20(37)24-22(8-13)41-30(12-2-4-16(33)19(36)6-12)29(39)26(24)25-23(42-30)10-17(34)14-9-21(38)27(40-28(14)25)11-1-3-15(32)18(35)5-11/h1-8,10,21,26-27,29,31-39H,9H2/t21-,26+,27-,29+,30-/m0/s1. The first-order chi connectivity index (χ1) is 20.0. The summed E-state index contributed by atoms with van der Waals surface area (Å²) in [6.07, 6.45) is -4.00. The minimum Gasteiger partial charge on any atom is -0.508 e. The number of aliphatic hydroxyl groups excluding tert-OH is 2. The van der Waals surface area contributed by atoms with Gasteiger partial charge in [0, 0.05) is 46.9 Å². The van der Waals surface area contributed by atoms with Crippen molar-refractivity contribution in [3.8, 4) is 57.5 Å². The van der Waals surface area contributed by atoms with E-state index in [1.807, 2.05) is 0 Å². The minimum absolute atomic E-state index is 0.0177. The molecule has 0 unspecified atom stereocenters. The lowest BCUT2D eigenvalue weighted by Crippen LogP contribution is -2.57. The summed E-state index contributed by atoms with van der Waals surface area (Å²) in [5.41, 5.74) is 0.842. The molecule has 0 aromatic heterocycles. The van der Waals surface area contributed by atoms with E-state index in [1.54, 1.807) is 0 Å². The fourth-order valence-electron chi connectivity index (χ4n) is 6.09. The number of fused-ring (bicyclic) bond motifs is 8. The Morgan fingerprint density at radius 3 is 2.00 bits per heavy atom. The molecule has 3 heterocycles. The van der Waals surface area contributed by atoms with Gasteiger partial charge < -0.3 is 60.2 Å². The molecule has 12 nitrogen and oxygen atoms in total. The van der Waals surface area contributed by atoms with Gasteiger partial charge in [-0.05, 0) is 35.9 Å². The highest BCUT2D eigenvalue weighted by Gasteiger charge is 2.60. The molecule has 0 fully saturated rings. The highest BCUT2D eigenvalue weighted by Crippen LogP contribution is 2.62. The Morgan fingerprint density at radius 1 is 0.643 bits per heavy atom. The van der Waals surface area contributed by atoms with Crippen molar-refractivity contribution in [3.05, 3.63) is 82.4 Å². The third kappa shape index (κ3) is 3.49. The van der Waals surface area contributed by atoms with Crippen LogP contribution >= 0.6 is 0 Å². The summed E-state index contributed by atoms with van der Waals surface area (Å²) >= 11 is 0. The van der Waals surface area contributed by atoms with Gasteiger partial charge in [-0.3, -0.25) is 0 Å². The van der Waals surface area contributed by atoms with Crippen molar-refractivity contribution < 1.29 is 60.2 Å². The number of hydrogen-bond acceptors (Lipinski definition) is 12. The summed E-state index contributed by atoms with van der Waals surface area (Å²) in [5.74, 6) is -6.11. The molecule has 0 amide bonds. The van der Waals surface area contributed by atoms with E-state index >= 15 is 0 Å². The summed E-state index contributed by atoms with van der Waals surface area (Å²) < 4.78 is 18.6. The molecule has 0 saturated heterocycles. The number of phenols is 7. The second kappa shape index (κ2) is 8.65. The number of benzene rings is 4. The van der Waals surface area contributed by atoms with Crippen LogP contribution in [0.4, 0.5) is 0 Å². The predicted molar refractivity (Wildman–Crippen MR) is 141 cm³/mol. The van der Waals surface area contributed by atoms with E-state index in [4.69, 9.17) is 14.2 Å². The molecule has 0 aliphatic carbocycles. The van der Waals surface area contributed by atoms with E-state index in [-0.39, 0.29) is 63.2 Å². The highest BCUT2D eigenvalue weighted by molar-refractivity contribution is 5.68. The smallest absolute Gasteiger partial charge is 0.305 e. The molecule has 216 valence electrons. The van der Waals surface area contributed by atoms with Gasteiger partial charge in [0.25, 0.3) is 0 Å². The zero-order valence-corrected chi connectivity index (χ0v) is 21.5. The molecule has 0 saturated carbocycles. The Labute approximate surface area is 236 Å². The van der Waals surface area contributed by atoms with E-state index in [9.17, 15) is 46.0 Å². The van der Waals surface area contributed by atoms with Crippen molar-refractivity contribution in [1.82, 2.24) is 0 Å². The molecule has 0 radical (unpaired) electrons. The van der Waals surface area contributed by atoms with Gasteiger partial charge in [0.1, 0.15) is 46.7 Å². The van der Waals surface area contributed by atoms with Crippen LogP contribution in [-0.2, 0) is 12.2 Å². The lowest BCUT2D eigenvalue weighted by atomic mass is 9.74. The van der Waals surface area contributed by atoms with Crippen LogP contribution in [0.3, 0.4) is 0 Å². The summed E-state index contributed by atoms with van der Waals surface area (Å²) in [6, 6.07) is 11.1. The van der Waals surface area contributed by atoms with Crippen LogP contribution in [0.1, 0.15) is 39.8 Å². The molecule has 42 heavy (non-hydrogen) atoms. The van der Waals surface area contributed by atoms with Gasteiger partial charge in [-0.15, -0.1) is 0 Å². The van der Waals surface area contributed by atoms with Crippen molar-refractivity contribution in [2.75, 3.05) is 0 Å². The molecule has 0 spiro atoms.